The number of thiophene rings is 1. The minimum Gasteiger partial charge on any atom is -0.356 e. The van der Waals surface area contributed by atoms with Gasteiger partial charge >= 0.3 is 6.18 Å². The normalized spacial score (nSPS) is 13.5. The highest BCUT2D eigenvalue weighted by Crippen LogP contribution is 2.19. The molecule has 0 bridgehead atoms. The first-order valence-electron chi connectivity index (χ1n) is 7.55. The van der Waals surface area contributed by atoms with Gasteiger partial charge in [-0.3, -0.25) is 9.89 Å². The van der Waals surface area contributed by atoms with Crippen LogP contribution in [0.5, 0.6) is 0 Å². The fourth-order valence-corrected chi connectivity index (χ4v) is 2.87. The predicted octanol–water partition coefficient (Wildman–Crippen LogP) is 3.52. The summed E-state index contributed by atoms with van der Waals surface area (Å²) in [6.07, 6.45) is -3.52. The number of nitrogens with one attached hydrogen (secondary N) is 2. The zero-order valence-corrected chi connectivity index (χ0v) is 17.3. The summed E-state index contributed by atoms with van der Waals surface area (Å²) in [4.78, 5) is 6.70. The van der Waals surface area contributed by atoms with Gasteiger partial charge in [0.1, 0.15) is 0 Å². The van der Waals surface area contributed by atoms with Crippen molar-refractivity contribution >= 4 is 41.3 Å². The van der Waals surface area contributed by atoms with E-state index in [0.29, 0.717) is 31.4 Å². The molecule has 9 heteroatoms. The third-order valence-electron chi connectivity index (χ3n) is 3.29. The Morgan fingerprint density at radius 3 is 2.62 bits per heavy atom. The van der Waals surface area contributed by atoms with Crippen molar-refractivity contribution in [2.24, 2.45) is 4.99 Å². The SMILES string of the molecule is CN=C(NCCCN(C)CC(F)(F)F)NCC(C)c1cccs1.I. The van der Waals surface area contributed by atoms with E-state index in [-0.39, 0.29) is 24.0 Å². The lowest BCUT2D eigenvalue weighted by atomic mass is 10.1. The fourth-order valence-electron chi connectivity index (χ4n) is 2.08. The van der Waals surface area contributed by atoms with Crippen molar-refractivity contribution in [1.29, 1.82) is 0 Å². The number of nitrogens with zero attached hydrogens (tertiary/aromatic N) is 2. The molecule has 140 valence electrons. The fraction of sp³-hybridized carbons (Fsp3) is 0.667. The van der Waals surface area contributed by atoms with E-state index in [1.807, 2.05) is 6.07 Å². The topological polar surface area (TPSA) is 39.7 Å². The second kappa shape index (κ2) is 11.9. The molecule has 0 fully saturated rings. The van der Waals surface area contributed by atoms with E-state index in [4.69, 9.17) is 0 Å². The van der Waals surface area contributed by atoms with Crippen molar-refractivity contribution in [2.75, 3.05) is 40.3 Å². The second-order valence-electron chi connectivity index (χ2n) is 5.50. The third kappa shape index (κ3) is 10.3. The van der Waals surface area contributed by atoms with Gasteiger partial charge in [-0.2, -0.15) is 13.2 Å². The van der Waals surface area contributed by atoms with Crippen LogP contribution in [0.25, 0.3) is 0 Å². The van der Waals surface area contributed by atoms with E-state index in [0.717, 1.165) is 6.54 Å². The van der Waals surface area contributed by atoms with E-state index in [1.54, 1.807) is 18.4 Å². The first kappa shape index (κ1) is 23.4. The maximum atomic E-state index is 12.2. The van der Waals surface area contributed by atoms with Crippen LogP contribution in [-0.4, -0.2) is 57.3 Å². The molecule has 1 rings (SSSR count). The summed E-state index contributed by atoms with van der Waals surface area (Å²) >= 11 is 1.72. The molecule has 0 saturated heterocycles. The molecule has 0 spiro atoms. The highest BCUT2D eigenvalue weighted by molar-refractivity contribution is 14.0. The van der Waals surface area contributed by atoms with Crippen LogP contribution in [0.1, 0.15) is 24.1 Å². The summed E-state index contributed by atoms with van der Waals surface area (Å²) < 4.78 is 36.6. The molecule has 2 N–H and O–H groups in total. The smallest absolute Gasteiger partial charge is 0.356 e. The molecular formula is C15H26F3IN4S. The Kier molecular flexibility index (Phi) is 11.6. The molecule has 0 saturated carbocycles. The van der Waals surface area contributed by atoms with Gasteiger partial charge in [0.05, 0.1) is 6.54 Å². The van der Waals surface area contributed by atoms with Crippen LogP contribution in [0, 0.1) is 0 Å². The average molecular weight is 478 g/mol. The number of rotatable bonds is 8. The Bertz CT molecular complexity index is 466. The molecule has 0 aromatic carbocycles. The van der Waals surface area contributed by atoms with E-state index in [2.05, 4.69) is 34.0 Å². The van der Waals surface area contributed by atoms with Crippen LogP contribution in [0.15, 0.2) is 22.5 Å². The zero-order valence-electron chi connectivity index (χ0n) is 14.2. The summed E-state index contributed by atoms with van der Waals surface area (Å²) in [5.74, 6) is 1.05. The molecule has 0 aliphatic carbocycles. The van der Waals surface area contributed by atoms with Gasteiger partial charge in [0.15, 0.2) is 5.96 Å². The third-order valence-corrected chi connectivity index (χ3v) is 4.39. The summed E-state index contributed by atoms with van der Waals surface area (Å²) in [5.41, 5.74) is 0. The molecule has 0 aliphatic rings. The quantitative estimate of drug-likeness (QED) is 0.260. The molecular weight excluding hydrogens is 452 g/mol. The highest BCUT2D eigenvalue weighted by Gasteiger charge is 2.28. The van der Waals surface area contributed by atoms with Crippen LogP contribution in [-0.2, 0) is 0 Å². The van der Waals surface area contributed by atoms with Crippen molar-refractivity contribution in [3.05, 3.63) is 22.4 Å². The predicted molar refractivity (Wildman–Crippen MR) is 106 cm³/mol. The number of aliphatic imine (C=N–C) groups is 1. The lowest BCUT2D eigenvalue weighted by Gasteiger charge is -2.19. The van der Waals surface area contributed by atoms with Crippen molar-refractivity contribution in [2.45, 2.75) is 25.4 Å². The van der Waals surface area contributed by atoms with Crippen molar-refractivity contribution < 1.29 is 13.2 Å². The van der Waals surface area contributed by atoms with Crippen LogP contribution in [0.4, 0.5) is 13.2 Å². The van der Waals surface area contributed by atoms with Gasteiger partial charge in [-0.1, -0.05) is 13.0 Å². The van der Waals surface area contributed by atoms with Crippen molar-refractivity contribution in [1.82, 2.24) is 15.5 Å². The maximum Gasteiger partial charge on any atom is 0.401 e. The molecule has 24 heavy (non-hydrogen) atoms. The molecule has 0 aliphatic heterocycles. The molecule has 1 unspecified atom stereocenters. The second-order valence-corrected chi connectivity index (χ2v) is 6.48. The van der Waals surface area contributed by atoms with E-state index < -0.39 is 12.7 Å². The number of alkyl halides is 3. The van der Waals surface area contributed by atoms with Gasteiger partial charge in [-0.05, 0) is 31.5 Å². The van der Waals surface area contributed by atoms with Gasteiger partial charge < -0.3 is 10.6 Å². The van der Waals surface area contributed by atoms with Gasteiger partial charge in [0, 0.05) is 30.9 Å². The molecule has 0 radical (unpaired) electrons. The summed E-state index contributed by atoms with van der Waals surface area (Å²) in [6.45, 7) is 2.98. The highest BCUT2D eigenvalue weighted by atomic mass is 127. The Morgan fingerprint density at radius 2 is 2.08 bits per heavy atom. The molecule has 0 amide bonds. The molecule has 1 aromatic rings. The summed E-state index contributed by atoms with van der Waals surface area (Å²) in [5, 5.41) is 8.41. The monoisotopic (exact) mass is 478 g/mol. The van der Waals surface area contributed by atoms with E-state index >= 15 is 0 Å². The van der Waals surface area contributed by atoms with Gasteiger partial charge in [-0.25, -0.2) is 0 Å². The Hall–Kier alpha value is -0.550. The van der Waals surface area contributed by atoms with Gasteiger partial charge in [0.2, 0.25) is 0 Å². The number of guanidine groups is 1. The Labute approximate surface area is 162 Å². The van der Waals surface area contributed by atoms with Crippen LogP contribution in [0.3, 0.4) is 0 Å². The molecule has 1 aromatic heterocycles. The lowest BCUT2D eigenvalue weighted by Crippen LogP contribution is -2.40. The van der Waals surface area contributed by atoms with Crippen LogP contribution >= 0.6 is 35.3 Å². The lowest BCUT2D eigenvalue weighted by molar-refractivity contribution is -0.143. The van der Waals surface area contributed by atoms with Crippen molar-refractivity contribution in [3.8, 4) is 0 Å². The number of halogens is 4. The minimum absolute atomic E-state index is 0. The molecule has 1 heterocycles. The Morgan fingerprint density at radius 1 is 1.38 bits per heavy atom. The largest absolute Gasteiger partial charge is 0.401 e. The standard InChI is InChI=1S/C15H25F3N4S.HI/c1-12(13-6-4-9-23-13)10-21-14(19-2)20-7-5-8-22(3)11-15(16,17)18;/h4,6,9,12H,5,7-8,10-11H2,1-3H3,(H2,19,20,21);1H. The molecule has 1 atom stereocenters. The summed E-state index contributed by atoms with van der Waals surface area (Å²) in [7, 11) is 3.16. The molecule has 4 nitrogen and oxygen atoms in total. The van der Waals surface area contributed by atoms with Crippen LogP contribution < -0.4 is 10.6 Å². The van der Waals surface area contributed by atoms with Gasteiger partial charge in [-0.15, -0.1) is 35.3 Å². The van der Waals surface area contributed by atoms with Gasteiger partial charge in [0.25, 0.3) is 0 Å². The Balaban J connectivity index is 0.00000529. The van der Waals surface area contributed by atoms with Crippen LogP contribution in [0.2, 0.25) is 0 Å². The summed E-state index contributed by atoms with van der Waals surface area (Å²) in [6, 6.07) is 4.13. The van der Waals surface area contributed by atoms with E-state index in [1.165, 1.54) is 16.8 Å². The minimum atomic E-state index is -4.14. The average Bonchev–Trinajstić information content (AvgIpc) is 2.98. The first-order valence-corrected chi connectivity index (χ1v) is 8.43. The van der Waals surface area contributed by atoms with E-state index in [9.17, 15) is 13.2 Å². The number of hydrogen-bond donors (Lipinski definition) is 2. The number of hydrogen-bond acceptors (Lipinski definition) is 3. The first-order chi connectivity index (χ1) is 10.8. The zero-order chi connectivity index (χ0) is 17.3. The van der Waals surface area contributed by atoms with Crippen molar-refractivity contribution in [3.63, 3.8) is 0 Å². The maximum absolute atomic E-state index is 12.2.